The summed E-state index contributed by atoms with van der Waals surface area (Å²) in [5.74, 6) is -1.31. The molecule has 0 fully saturated rings. The van der Waals surface area contributed by atoms with E-state index in [1.165, 1.54) is 6.08 Å². The van der Waals surface area contributed by atoms with Gasteiger partial charge in [0.25, 0.3) is 0 Å². The molecule has 102 valence electrons. The van der Waals surface area contributed by atoms with E-state index in [-0.39, 0.29) is 17.8 Å². The molecule has 1 N–H and O–H groups in total. The van der Waals surface area contributed by atoms with Crippen LogP contribution < -0.4 is 0 Å². The number of hydrogen-bond donors (Lipinski definition) is 1. The summed E-state index contributed by atoms with van der Waals surface area (Å²) in [7, 11) is 0. The molecule has 0 bridgehead atoms. The number of ketones is 2. The zero-order valence-corrected chi connectivity index (χ0v) is 11.5. The van der Waals surface area contributed by atoms with Crippen LogP contribution in [-0.4, -0.2) is 16.7 Å². The minimum Gasteiger partial charge on any atom is -0.507 e. The Morgan fingerprint density at radius 2 is 1.80 bits per heavy atom. The van der Waals surface area contributed by atoms with Crippen molar-refractivity contribution in [2.45, 2.75) is 20.3 Å². The van der Waals surface area contributed by atoms with E-state index in [0.29, 0.717) is 5.57 Å². The molecular weight excluding hydrogens is 252 g/mol. The van der Waals surface area contributed by atoms with Gasteiger partial charge in [-0.25, -0.2) is 0 Å². The zero-order valence-electron chi connectivity index (χ0n) is 11.5. The molecule has 0 aliphatic heterocycles. The Morgan fingerprint density at radius 1 is 1.15 bits per heavy atom. The van der Waals surface area contributed by atoms with Gasteiger partial charge in [0, 0.05) is 17.2 Å². The van der Waals surface area contributed by atoms with Gasteiger partial charge in [0.2, 0.25) is 11.6 Å². The van der Waals surface area contributed by atoms with Gasteiger partial charge in [0.15, 0.2) is 0 Å². The summed E-state index contributed by atoms with van der Waals surface area (Å²) in [4.78, 5) is 23.7. The van der Waals surface area contributed by atoms with E-state index in [2.05, 4.69) is 0 Å². The molecule has 0 saturated carbocycles. The molecule has 0 heterocycles. The van der Waals surface area contributed by atoms with Gasteiger partial charge >= 0.3 is 0 Å². The molecule has 0 unspecified atom stereocenters. The molecule has 3 heteroatoms. The molecule has 0 radical (unpaired) electrons. The second-order valence-electron chi connectivity index (χ2n) is 4.93. The predicted octanol–water partition coefficient (Wildman–Crippen LogP) is 3.39. The Hall–Kier alpha value is -2.42. The number of aliphatic hydroxyl groups is 1. The first-order chi connectivity index (χ1) is 9.50. The van der Waals surface area contributed by atoms with Crippen LogP contribution in [0.15, 0.2) is 59.4 Å². The van der Waals surface area contributed by atoms with E-state index in [0.717, 1.165) is 11.1 Å². The molecule has 0 spiro atoms. The number of carbonyl (C=O) groups excluding carboxylic acids is 2. The molecule has 0 saturated heterocycles. The van der Waals surface area contributed by atoms with Crippen molar-refractivity contribution in [3.63, 3.8) is 0 Å². The largest absolute Gasteiger partial charge is 0.507 e. The van der Waals surface area contributed by atoms with Crippen molar-refractivity contribution in [1.82, 2.24) is 0 Å². The van der Waals surface area contributed by atoms with Crippen LogP contribution in [0, 0.1) is 0 Å². The molecule has 0 atom stereocenters. The molecule has 1 aromatic rings. The van der Waals surface area contributed by atoms with Crippen molar-refractivity contribution in [2.24, 2.45) is 0 Å². The van der Waals surface area contributed by atoms with Gasteiger partial charge < -0.3 is 5.11 Å². The van der Waals surface area contributed by atoms with Gasteiger partial charge in [-0.3, -0.25) is 9.59 Å². The normalized spacial score (nSPS) is 15.2. The van der Waals surface area contributed by atoms with E-state index in [1.807, 2.05) is 38.1 Å². The monoisotopic (exact) mass is 268 g/mol. The summed E-state index contributed by atoms with van der Waals surface area (Å²) >= 11 is 0. The first-order valence-corrected chi connectivity index (χ1v) is 6.42. The van der Waals surface area contributed by atoms with Crippen molar-refractivity contribution < 1.29 is 14.7 Å². The smallest absolute Gasteiger partial charge is 0.232 e. The van der Waals surface area contributed by atoms with Crippen molar-refractivity contribution in [3.8, 4) is 0 Å². The molecule has 0 aromatic heterocycles. The topological polar surface area (TPSA) is 54.4 Å². The summed E-state index contributed by atoms with van der Waals surface area (Å²) in [6, 6.07) is 9.08. The quantitative estimate of drug-likeness (QED) is 0.519. The van der Waals surface area contributed by atoms with Crippen molar-refractivity contribution in [1.29, 1.82) is 0 Å². The lowest BCUT2D eigenvalue weighted by Gasteiger charge is -2.15. The van der Waals surface area contributed by atoms with Crippen LogP contribution in [0.5, 0.6) is 0 Å². The number of benzene rings is 1. The summed E-state index contributed by atoms with van der Waals surface area (Å²) in [6.45, 7) is 3.81. The van der Waals surface area contributed by atoms with Crippen LogP contribution in [0.25, 0.3) is 5.57 Å². The fourth-order valence-electron chi connectivity index (χ4n) is 2.02. The van der Waals surface area contributed by atoms with Gasteiger partial charge in [-0.1, -0.05) is 42.0 Å². The molecular formula is C17H16O3. The van der Waals surface area contributed by atoms with Crippen LogP contribution in [-0.2, 0) is 9.59 Å². The average Bonchev–Trinajstić information content (AvgIpc) is 2.43. The molecule has 1 aliphatic carbocycles. The lowest BCUT2D eigenvalue weighted by atomic mass is 9.89. The SMILES string of the molecule is CC(C)=CCC1=C(O)C(c2ccccc2)=CC(=O)C1=O. The number of hydrogen-bond acceptors (Lipinski definition) is 3. The van der Waals surface area contributed by atoms with Gasteiger partial charge in [0.1, 0.15) is 5.76 Å². The highest BCUT2D eigenvalue weighted by Gasteiger charge is 2.28. The molecule has 1 aromatic carbocycles. The highest BCUT2D eigenvalue weighted by atomic mass is 16.3. The summed E-state index contributed by atoms with van der Waals surface area (Å²) < 4.78 is 0. The molecule has 1 aliphatic rings. The lowest BCUT2D eigenvalue weighted by Crippen LogP contribution is -2.21. The minimum atomic E-state index is -0.625. The number of aliphatic hydroxyl groups excluding tert-OH is 1. The zero-order chi connectivity index (χ0) is 14.7. The standard InChI is InChI=1S/C17H16O3/c1-11(2)8-9-13-16(19)14(10-15(18)17(13)20)12-6-4-3-5-7-12/h3-8,10,19H,9H2,1-2H3. The fourth-order valence-corrected chi connectivity index (χ4v) is 2.02. The molecule has 2 rings (SSSR count). The van der Waals surface area contributed by atoms with Crippen molar-refractivity contribution in [2.75, 3.05) is 0 Å². The second kappa shape index (κ2) is 5.70. The van der Waals surface area contributed by atoms with Gasteiger partial charge in [-0.15, -0.1) is 0 Å². The Balaban J connectivity index is 2.48. The van der Waals surface area contributed by atoms with Crippen LogP contribution in [0.3, 0.4) is 0 Å². The van der Waals surface area contributed by atoms with Gasteiger partial charge in [0.05, 0.1) is 0 Å². The van der Waals surface area contributed by atoms with Crippen molar-refractivity contribution >= 4 is 17.1 Å². The number of allylic oxidation sites excluding steroid dienone is 5. The lowest BCUT2D eigenvalue weighted by molar-refractivity contribution is -0.131. The summed E-state index contributed by atoms with van der Waals surface area (Å²) in [5, 5.41) is 10.3. The fraction of sp³-hybridized carbons (Fsp3) is 0.176. The van der Waals surface area contributed by atoms with E-state index in [1.54, 1.807) is 12.1 Å². The highest BCUT2D eigenvalue weighted by Crippen LogP contribution is 2.29. The third kappa shape index (κ3) is 2.77. The molecule has 20 heavy (non-hydrogen) atoms. The van der Waals surface area contributed by atoms with Crippen LogP contribution in [0.4, 0.5) is 0 Å². The maximum atomic E-state index is 11.9. The van der Waals surface area contributed by atoms with Crippen LogP contribution >= 0.6 is 0 Å². The van der Waals surface area contributed by atoms with Gasteiger partial charge in [-0.05, 0) is 25.8 Å². The van der Waals surface area contributed by atoms with E-state index in [9.17, 15) is 14.7 Å². The number of carbonyl (C=O) groups is 2. The second-order valence-corrected chi connectivity index (χ2v) is 4.93. The van der Waals surface area contributed by atoms with E-state index in [4.69, 9.17) is 0 Å². The van der Waals surface area contributed by atoms with E-state index < -0.39 is 11.6 Å². The Bertz CT molecular complexity index is 642. The Morgan fingerprint density at radius 3 is 2.40 bits per heavy atom. The highest BCUT2D eigenvalue weighted by molar-refractivity contribution is 6.50. The minimum absolute atomic E-state index is 0.0988. The third-order valence-electron chi connectivity index (χ3n) is 3.11. The first kappa shape index (κ1) is 14.0. The van der Waals surface area contributed by atoms with Crippen molar-refractivity contribution in [3.05, 3.63) is 65.0 Å². The van der Waals surface area contributed by atoms with E-state index >= 15 is 0 Å². The molecule has 3 nitrogen and oxygen atoms in total. The Labute approximate surface area is 117 Å². The number of rotatable bonds is 3. The maximum Gasteiger partial charge on any atom is 0.232 e. The summed E-state index contributed by atoms with van der Waals surface area (Å²) in [5.41, 5.74) is 2.33. The third-order valence-corrected chi connectivity index (χ3v) is 3.11. The predicted molar refractivity (Wildman–Crippen MR) is 78.1 cm³/mol. The first-order valence-electron chi connectivity index (χ1n) is 6.42. The average molecular weight is 268 g/mol. The Kier molecular flexibility index (Phi) is 3.99. The maximum absolute atomic E-state index is 11.9. The van der Waals surface area contributed by atoms with Crippen LogP contribution in [0.1, 0.15) is 25.8 Å². The van der Waals surface area contributed by atoms with Gasteiger partial charge in [-0.2, -0.15) is 0 Å². The van der Waals surface area contributed by atoms with Crippen LogP contribution in [0.2, 0.25) is 0 Å². The molecule has 0 amide bonds. The summed E-state index contributed by atoms with van der Waals surface area (Å²) in [6.07, 6.45) is 3.30. The number of Topliss-reactive ketones (excluding diaryl/α,β-unsaturated/α-hetero) is 1.